The molecular weight excluding hydrogens is 224 g/mol. The maximum atomic E-state index is 12.3. The molecule has 0 saturated carbocycles. The first-order valence-electron chi connectivity index (χ1n) is 6.38. The van der Waals surface area contributed by atoms with Crippen molar-refractivity contribution in [3.63, 3.8) is 0 Å². The molecule has 0 fully saturated rings. The predicted molar refractivity (Wildman–Crippen MR) is 74.2 cm³/mol. The number of carbonyl (C=O) groups excluding carboxylic acids is 1. The predicted octanol–water partition coefficient (Wildman–Crippen LogP) is 2.98. The average Bonchev–Trinajstić information content (AvgIpc) is 2.82. The topological polar surface area (TPSA) is 36.1 Å². The van der Waals surface area contributed by atoms with Crippen molar-refractivity contribution in [1.82, 2.24) is 9.88 Å². The first kappa shape index (κ1) is 12.7. The fourth-order valence-corrected chi connectivity index (χ4v) is 2.14. The van der Waals surface area contributed by atoms with Crippen molar-refractivity contribution in [1.29, 1.82) is 0 Å². The minimum atomic E-state index is 0.103. The number of rotatable bonds is 4. The molecule has 0 saturated heterocycles. The Labute approximate surface area is 108 Å². The number of fused-ring (bicyclic) bond motifs is 1. The van der Waals surface area contributed by atoms with E-state index in [0.717, 1.165) is 35.6 Å². The molecule has 2 rings (SSSR count). The molecule has 95 valence electrons. The van der Waals surface area contributed by atoms with Gasteiger partial charge in [-0.3, -0.25) is 4.79 Å². The third-order valence-corrected chi connectivity index (χ3v) is 3.31. The number of likely N-dealkylation sites (N-methyl/N-ethyl adjacent to an activating group) is 1. The van der Waals surface area contributed by atoms with E-state index in [4.69, 9.17) is 0 Å². The molecule has 0 atom stereocenters. The first-order chi connectivity index (χ1) is 8.67. The highest BCUT2D eigenvalue weighted by molar-refractivity contribution is 5.95. The molecule has 0 spiro atoms. The zero-order valence-corrected chi connectivity index (χ0v) is 11.2. The molecular formula is C15H19N2O. The van der Waals surface area contributed by atoms with Gasteiger partial charge in [0.25, 0.3) is 0 Å². The lowest BCUT2D eigenvalue weighted by Gasteiger charge is -2.21. The van der Waals surface area contributed by atoms with Gasteiger partial charge in [-0.05, 0) is 38.3 Å². The third-order valence-electron chi connectivity index (χ3n) is 3.31. The number of para-hydroxylation sites is 1. The Hall–Kier alpha value is -1.77. The summed E-state index contributed by atoms with van der Waals surface area (Å²) in [5.74, 6) is 0.876. The molecule has 2 aromatic rings. The monoisotopic (exact) mass is 243 g/mol. The standard InChI is InChI=1S/C15H19N2O/c1-4-17(5-2)15(18)11(3)14-10-12-8-6-7-9-13(12)16-14/h6-10,16H,4-5H2,1-3H3. The normalized spacial score (nSPS) is 11.1. The van der Waals surface area contributed by atoms with Crippen molar-refractivity contribution in [3.05, 3.63) is 41.9 Å². The highest BCUT2D eigenvalue weighted by atomic mass is 16.2. The smallest absolute Gasteiger partial charge is 0.235 e. The van der Waals surface area contributed by atoms with Crippen LogP contribution in [-0.4, -0.2) is 28.9 Å². The molecule has 1 radical (unpaired) electrons. The number of H-pyrrole nitrogens is 1. The van der Waals surface area contributed by atoms with Crippen LogP contribution in [0.15, 0.2) is 30.3 Å². The molecule has 0 aliphatic carbocycles. The number of amides is 1. The van der Waals surface area contributed by atoms with Crippen molar-refractivity contribution in [2.24, 2.45) is 0 Å². The number of carbonyl (C=O) groups is 1. The first-order valence-corrected chi connectivity index (χ1v) is 6.38. The number of benzene rings is 1. The SMILES string of the molecule is CCN(CC)C(=O)[C](C)c1cc2ccccc2[nH]1. The Kier molecular flexibility index (Phi) is 3.70. The van der Waals surface area contributed by atoms with Gasteiger partial charge in [0.05, 0.1) is 0 Å². The Bertz CT molecular complexity index is 507. The molecule has 0 unspecified atom stereocenters. The summed E-state index contributed by atoms with van der Waals surface area (Å²) in [6.07, 6.45) is 0. The van der Waals surface area contributed by atoms with Crippen LogP contribution in [0.2, 0.25) is 0 Å². The van der Waals surface area contributed by atoms with Gasteiger partial charge in [-0.15, -0.1) is 0 Å². The zero-order valence-electron chi connectivity index (χ0n) is 11.2. The Morgan fingerprint density at radius 2 is 1.89 bits per heavy atom. The largest absolute Gasteiger partial charge is 0.357 e. The van der Waals surface area contributed by atoms with Gasteiger partial charge < -0.3 is 9.88 Å². The van der Waals surface area contributed by atoms with Crippen LogP contribution in [0, 0.1) is 5.92 Å². The van der Waals surface area contributed by atoms with Crippen LogP contribution in [0.5, 0.6) is 0 Å². The van der Waals surface area contributed by atoms with Gasteiger partial charge in [-0.2, -0.15) is 0 Å². The summed E-state index contributed by atoms with van der Waals surface area (Å²) in [5.41, 5.74) is 1.98. The van der Waals surface area contributed by atoms with E-state index in [9.17, 15) is 4.79 Å². The highest BCUT2D eigenvalue weighted by Crippen LogP contribution is 2.22. The van der Waals surface area contributed by atoms with E-state index < -0.39 is 0 Å². The molecule has 1 heterocycles. The van der Waals surface area contributed by atoms with E-state index in [0.29, 0.717) is 0 Å². The molecule has 0 aliphatic heterocycles. The fourth-order valence-electron chi connectivity index (χ4n) is 2.14. The Morgan fingerprint density at radius 3 is 2.50 bits per heavy atom. The van der Waals surface area contributed by atoms with Gasteiger partial charge in [0, 0.05) is 24.3 Å². The van der Waals surface area contributed by atoms with E-state index in [1.54, 1.807) is 0 Å². The quantitative estimate of drug-likeness (QED) is 0.880. The summed E-state index contributed by atoms with van der Waals surface area (Å²) in [5, 5.41) is 1.14. The second-order valence-corrected chi connectivity index (χ2v) is 4.37. The van der Waals surface area contributed by atoms with E-state index in [1.165, 1.54) is 0 Å². The summed E-state index contributed by atoms with van der Waals surface area (Å²) in [7, 11) is 0. The summed E-state index contributed by atoms with van der Waals surface area (Å²) >= 11 is 0. The van der Waals surface area contributed by atoms with Gasteiger partial charge in [0.1, 0.15) is 5.92 Å². The molecule has 1 aromatic carbocycles. The number of hydrogen-bond acceptors (Lipinski definition) is 1. The maximum absolute atomic E-state index is 12.3. The average molecular weight is 243 g/mol. The van der Waals surface area contributed by atoms with E-state index in [2.05, 4.69) is 4.98 Å². The van der Waals surface area contributed by atoms with Crippen molar-refractivity contribution in [2.45, 2.75) is 20.8 Å². The molecule has 1 amide bonds. The van der Waals surface area contributed by atoms with Crippen LogP contribution in [0.25, 0.3) is 10.9 Å². The van der Waals surface area contributed by atoms with Gasteiger partial charge in [-0.25, -0.2) is 0 Å². The van der Waals surface area contributed by atoms with Crippen LogP contribution in [0.1, 0.15) is 26.5 Å². The summed E-state index contributed by atoms with van der Waals surface area (Å²) < 4.78 is 0. The third kappa shape index (κ3) is 2.26. The second-order valence-electron chi connectivity index (χ2n) is 4.37. The van der Waals surface area contributed by atoms with E-state index in [-0.39, 0.29) is 5.91 Å². The van der Waals surface area contributed by atoms with Gasteiger partial charge >= 0.3 is 0 Å². The van der Waals surface area contributed by atoms with Crippen molar-refractivity contribution < 1.29 is 4.79 Å². The molecule has 3 nitrogen and oxygen atoms in total. The van der Waals surface area contributed by atoms with Crippen LogP contribution in [0.4, 0.5) is 0 Å². The Morgan fingerprint density at radius 1 is 1.22 bits per heavy atom. The van der Waals surface area contributed by atoms with Crippen LogP contribution < -0.4 is 0 Å². The molecule has 18 heavy (non-hydrogen) atoms. The number of aromatic nitrogens is 1. The van der Waals surface area contributed by atoms with Crippen LogP contribution >= 0.6 is 0 Å². The minimum absolute atomic E-state index is 0.103. The number of nitrogens with one attached hydrogen (secondary N) is 1. The van der Waals surface area contributed by atoms with Crippen molar-refractivity contribution in [3.8, 4) is 0 Å². The lowest BCUT2D eigenvalue weighted by molar-refractivity contribution is -0.128. The lowest BCUT2D eigenvalue weighted by Crippen LogP contribution is -2.34. The van der Waals surface area contributed by atoms with Crippen molar-refractivity contribution in [2.75, 3.05) is 13.1 Å². The van der Waals surface area contributed by atoms with E-state index in [1.807, 2.05) is 56.0 Å². The Balaban J connectivity index is 2.27. The summed E-state index contributed by atoms with van der Waals surface area (Å²) in [4.78, 5) is 17.4. The molecule has 0 aliphatic rings. The molecule has 1 N–H and O–H groups in total. The number of hydrogen-bond donors (Lipinski definition) is 1. The number of aromatic amines is 1. The van der Waals surface area contributed by atoms with Gasteiger partial charge in [0.2, 0.25) is 5.91 Å². The lowest BCUT2D eigenvalue weighted by atomic mass is 10.1. The van der Waals surface area contributed by atoms with Gasteiger partial charge in [0.15, 0.2) is 0 Å². The summed E-state index contributed by atoms with van der Waals surface area (Å²) in [6.45, 7) is 7.37. The molecule has 0 bridgehead atoms. The van der Waals surface area contributed by atoms with Crippen molar-refractivity contribution >= 4 is 16.8 Å². The van der Waals surface area contributed by atoms with Crippen LogP contribution in [-0.2, 0) is 4.79 Å². The minimum Gasteiger partial charge on any atom is -0.357 e. The molecule has 3 heteroatoms. The van der Waals surface area contributed by atoms with Crippen LogP contribution in [0.3, 0.4) is 0 Å². The molecule has 1 aromatic heterocycles. The van der Waals surface area contributed by atoms with E-state index >= 15 is 0 Å². The fraction of sp³-hybridized carbons (Fsp3) is 0.333. The highest BCUT2D eigenvalue weighted by Gasteiger charge is 2.22. The zero-order chi connectivity index (χ0) is 13.1. The summed E-state index contributed by atoms with van der Waals surface area (Å²) in [6, 6.07) is 10.1. The number of nitrogens with zero attached hydrogens (tertiary/aromatic N) is 1. The van der Waals surface area contributed by atoms with Gasteiger partial charge in [-0.1, -0.05) is 18.2 Å². The maximum Gasteiger partial charge on any atom is 0.235 e. The second kappa shape index (κ2) is 5.25.